The van der Waals surface area contributed by atoms with Crippen LogP contribution < -0.4 is 0 Å². The number of hydrogen-bond acceptors (Lipinski definition) is 3. The molecule has 5 nitrogen and oxygen atoms in total. The first-order chi connectivity index (χ1) is 4.22. The fourth-order valence-electron chi connectivity index (χ4n) is 0.351. The van der Waals surface area contributed by atoms with Crippen molar-refractivity contribution in [3.63, 3.8) is 0 Å². The lowest BCUT2D eigenvalue weighted by atomic mass is 10.9. The Kier molecular flexibility index (Phi) is 1.39. The van der Waals surface area contributed by atoms with Gasteiger partial charge in [0.25, 0.3) is 0 Å². The van der Waals surface area contributed by atoms with Gasteiger partial charge in [-0.3, -0.25) is 0 Å². The van der Waals surface area contributed by atoms with Crippen molar-refractivity contribution in [1.82, 2.24) is 4.31 Å². The number of amides is 1. The first-order valence-electron chi connectivity index (χ1n) is 1.99. The summed E-state index contributed by atoms with van der Waals surface area (Å²) in [7, 11) is 0. The van der Waals surface area contributed by atoms with Crippen molar-refractivity contribution in [2.24, 2.45) is 0 Å². The third-order valence-corrected chi connectivity index (χ3v) is 1.56. The van der Waals surface area contributed by atoms with Crippen LogP contribution in [-0.4, -0.2) is 19.7 Å². The van der Waals surface area contributed by atoms with Gasteiger partial charge in [0.05, 0.1) is 6.20 Å². The van der Waals surface area contributed by atoms with E-state index in [1.54, 1.807) is 0 Å². The summed E-state index contributed by atoms with van der Waals surface area (Å²) in [5, 5.41) is 8.19. The van der Waals surface area contributed by atoms with Crippen LogP contribution >= 0.6 is 0 Å². The molecule has 1 rings (SSSR count). The van der Waals surface area contributed by atoms with Gasteiger partial charge in [-0.25, -0.2) is 4.79 Å². The van der Waals surface area contributed by atoms with E-state index >= 15 is 0 Å². The molecule has 0 saturated heterocycles. The Bertz CT molecular complexity index is 188. The van der Waals surface area contributed by atoms with E-state index < -0.39 is 17.4 Å². The number of carboxylic acid groups (broad SMARTS) is 1. The largest absolute Gasteiger partial charge is 0.464 e. The van der Waals surface area contributed by atoms with Gasteiger partial charge in [0.2, 0.25) is 0 Å². The summed E-state index contributed by atoms with van der Waals surface area (Å²) in [5.74, 6) is 0. The molecular weight excluding hydrogens is 146 g/mol. The Labute approximate surface area is 53.3 Å². The summed E-state index contributed by atoms with van der Waals surface area (Å²) in [6.45, 7) is 0. The summed E-state index contributed by atoms with van der Waals surface area (Å²) in [5.41, 5.74) is 0. The van der Waals surface area contributed by atoms with Gasteiger partial charge >= 0.3 is 17.4 Å². The molecular formula is C3H3NO4S. The summed E-state index contributed by atoms with van der Waals surface area (Å²) in [4.78, 5) is 10.0. The van der Waals surface area contributed by atoms with E-state index in [1.807, 2.05) is 0 Å². The molecule has 9 heavy (non-hydrogen) atoms. The van der Waals surface area contributed by atoms with Crippen molar-refractivity contribution in [3.05, 3.63) is 12.5 Å². The number of hydrogen-bond donors (Lipinski definition) is 1. The van der Waals surface area contributed by atoms with Crippen molar-refractivity contribution in [1.29, 1.82) is 0 Å². The molecule has 0 fully saturated rings. The van der Waals surface area contributed by atoms with Crippen LogP contribution in [-0.2, 0) is 15.4 Å². The predicted octanol–water partition coefficient (Wildman–Crippen LogP) is 0.0465. The first kappa shape index (κ1) is 6.09. The Morgan fingerprint density at radius 1 is 1.78 bits per heavy atom. The van der Waals surface area contributed by atoms with Gasteiger partial charge in [0, 0.05) is 0 Å². The molecule has 1 aliphatic rings. The number of carbonyl (C=O) groups is 1. The van der Waals surface area contributed by atoms with Crippen molar-refractivity contribution < 1.29 is 18.3 Å². The second-order valence-electron chi connectivity index (χ2n) is 1.21. The highest BCUT2D eigenvalue weighted by Crippen LogP contribution is 2.06. The minimum atomic E-state index is -1.87. The van der Waals surface area contributed by atoms with Gasteiger partial charge in [-0.1, -0.05) is 0 Å². The Morgan fingerprint density at radius 3 is 2.67 bits per heavy atom. The lowest BCUT2D eigenvalue weighted by Gasteiger charge is -2.01. The average Bonchev–Trinajstić information content (AvgIpc) is 2.13. The van der Waals surface area contributed by atoms with E-state index in [0.29, 0.717) is 4.31 Å². The lowest BCUT2D eigenvalue weighted by molar-refractivity contribution is 0.183. The molecule has 1 atom stereocenters. The van der Waals surface area contributed by atoms with Crippen LogP contribution in [0.1, 0.15) is 0 Å². The Balaban J connectivity index is 2.71. The molecule has 0 aromatic heterocycles. The second kappa shape index (κ2) is 2.06. The molecule has 0 aromatic rings. The highest BCUT2D eigenvalue weighted by molar-refractivity contribution is 7.78. The molecule has 0 bridgehead atoms. The zero-order valence-electron chi connectivity index (χ0n) is 4.18. The van der Waals surface area contributed by atoms with Crippen molar-refractivity contribution in [2.45, 2.75) is 0 Å². The molecule has 50 valence electrons. The maximum absolute atomic E-state index is 10.4. The van der Waals surface area contributed by atoms with E-state index in [2.05, 4.69) is 4.18 Å². The smallest absolute Gasteiger partial charge is 0.426 e. The minimum absolute atomic E-state index is 0.556. The topological polar surface area (TPSA) is 66.8 Å². The lowest BCUT2D eigenvalue weighted by Crippen LogP contribution is -2.22. The van der Waals surface area contributed by atoms with Gasteiger partial charge in [0.1, 0.15) is 6.26 Å². The fourth-order valence-corrected chi connectivity index (χ4v) is 0.865. The summed E-state index contributed by atoms with van der Waals surface area (Å²) in [6.07, 6.45) is 0.852. The quantitative estimate of drug-likeness (QED) is 0.528. The highest BCUT2D eigenvalue weighted by atomic mass is 32.2. The molecule has 0 aliphatic carbocycles. The van der Waals surface area contributed by atoms with Gasteiger partial charge in [-0.05, 0) is 0 Å². The minimum Gasteiger partial charge on any atom is -0.464 e. The van der Waals surface area contributed by atoms with Crippen molar-refractivity contribution >= 4 is 17.4 Å². The van der Waals surface area contributed by atoms with Crippen LogP contribution in [0.25, 0.3) is 0 Å². The predicted molar refractivity (Wildman–Crippen MR) is 28.2 cm³/mol. The van der Waals surface area contributed by atoms with Gasteiger partial charge in [-0.15, -0.1) is 0 Å². The van der Waals surface area contributed by atoms with E-state index in [1.165, 1.54) is 0 Å². The standard InChI is InChI=1S/C3H3NO4S/c5-3(6)4-1-2-8-9(4)7/h1-2H,(H,5,6). The van der Waals surface area contributed by atoms with E-state index in [0.717, 1.165) is 12.5 Å². The van der Waals surface area contributed by atoms with E-state index in [-0.39, 0.29) is 0 Å². The monoisotopic (exact) mass is 149 g/mol. The van der Waals surface area contributed by atoms with Crippen LogP contribution in [0.2, 0.25) is 0 Å². The Morgan fingerprint density at radius 2 is 2.44 bits per heavy atom. The van der Waals surface area contributed by atoms with Gasteiger partial charge in [0.15, 0.2) is 0 Å². The molecule has 1 N–H and O–H groups in total. The zero-order chi connectivity index (χ0) is 6.85. The summed E-state index contributed by atoms with van der Waals surface area (Å²) in [6, 6.07) is 0. The molecule has 1 aliphatic heterocycles. The average molecular weight is 149 g/mol. The SMILES string of the molecule is O=C(O)N1C=COS1=O. The second-order valence-corrected chi connectivity index (χ2v) is 2.23. The maximum Gasteiger partial charge on any atom is 0.426 e. The Hall–Kier alpha value is -1.04. The van der Waals surface area contributed by atoms with Crippen LogP contribution in [0.5, 0.6) is 0 Å². The first-order valence-corrected chi connectivity index (χ1v) is 3.03. The number of rotatable bonds is 0. The van der Waals surface area contributed by atoms with Gasteiger partial charge in [-0.2, -0.15) is 8.51 Å². The highest BCUT2D eigenvalue weighted by Gasteiger charge is 2.21. The van der Waals surface area contributed by atoms with Crippen LogP contribution in [0.3, 0.4) is 0 Å². The molecule has 6 heteroatoms. The van der Waals surface area contributed by atoms with Crippen LogP contribution in [0.15, 0.2) is 12.5 Å². The van der Waals surface area contributed by atoms with Crippen molar-refractivity contribution in [3.8, 4) is 0 Å². The fraction of sp³-hybridized carbons (Fsp3) is 0. The molecule has 0 aromatic carbocycles. The molecule has 1 amide bonds. The summed E-state index contributed by atoms with van der Waals surface area (Å²) >= 11 is -1.87. The zero-order valence-corrected chi connectivity index (χ0v) is 5.00. The van der Waals surface area contributed by atoms with Gasteiger partial charge < -0.3 is 9.29 Å². The van der Waals surface area contributed by atoms with Crippen molar-refractivity contribution in [2.75, 3.05) is 0 Å². The third kappa shape index (κ3) is 1.02. The molecule has 0 saturated carbocycles. The number of nitrogens with zero attached hydrogens (tertiary/aromatic N) is 1. The summed E-state index contributed by atoms with van der Waals surface area (Å²) < 4.78 is 15.2. The molecule has 1 heterocycles. The van der Waals surface area contributed by atoms with Crippen LogP contribution in [0.4, 0.5) is 4.79 Å². The van der Waals surface area contributed by atoms with E-state index in [9.17, 15) is 9.00 Å². The molecule has 0 spiro atoms. The normalized spacial score (nSPS) is 24.0. The molecule has 0 radical (unpaired) electrons. The molecule has 1 unspecified atom stereocenters. The van der Waals surface area contributed by atoms with Crippen LogP contribution in [0, 0.1) is 0 Å². The van der Waals surface area contributed by atoms with E-state index in [4.69, 9.17) is 5.11 Å². The maximum atomic E-state index is 10.4. The third-order valence-electron chi connectivity index (χ3n) is 0.683.